The lowest BCUT2D eigenvalue weighted by atomic mass is 10.1. The molecule has 0 aliphatic carbocycles. The Balaban J connectivity index is 1.84. The molecular weight excluding hydrogens is 372 g/mol. The van der Waals surface area contributed by atoms with E-state index in [0.717, 1.165) is 31.4 Å². The Morgan fingerprint density at radius 2 is 1.88 bits per heavy atom. The molecule has 1 aliphatic rings. The van der Waals surface area contributed by atoms with Gasteiger partial charge in [0.1, 0.15) is 5.75 Å². The van der Waals surface area contributed by atoms with Crippen LogP contribution in [0, 0.1) is 0 Å². The zero-order valence-electron chi connectivity index (χ0n) is 14.8. The number of nitrogens with zero attached hydrogens (tertiary/aromatic N) is 2. The molecule has 7 heteroatoms. The van der Waals surface area contributed by atoms with Crippen molar-refractivity contribution in [2.24, 2.45) is 7.05 Å². The molecule has 1 unspecified atom stereocenters. The third-order valence-corrected chi connectivity index (χ3v) is 6.75. The van der Waals surface area contributed by atoms with Crippen molar-refractivity contribution in [1.29, 1.82) is 0 Å². The lowest BCUT2D eigenvalue weighted by molar-refractivity contribution is -0.131. The third kappa shape index (κ3) is 4.13. The molecule has 0 N–H and O–H groups in total. The summed E-state index contributed by atoms with van der Waals surface area (Å²) in [5.41, 5.74) is 1.05. The van der Waals surface area contributed by atoms with Gasteiger partial charge in [0.15, 0.2) is 9.84 Å². The fourth-order valence-corrected chi connectivity index (χ4v) is 4.84. The molecule has 2 heterocycles. The molecule has 1 aromatic heterocycles. The highest BCUT2D eigenvalue weighted by molar-refractivity contribution is 7.92. The average Bonchev–Trinajstić information content (AvgIpc) is 2.87. The van der Waals surface area contributed by atoms with Crippen LogP contribution in [-0.4, -0.2) is 36.1 Å². The highest BCUT2D eigenvalue weighted by Gasteiger charge is 2.31. The van der Waals surface area contributed by atoms with Crippen molar-refractivity contribution >= 4 is 27.3 Å². The van der Waals surface area contributed by atoms with E-state index in [1.165, 1.54) is 24.3 Å². The lowest BCUT2D eigenvalue weighted by Gasteiger charge is -2.30. The summed E-state index contributed by atoms with van der Waals surface area (Å²) in [5.74, 6) is -0.858. The Morgan fingerprint density at radius 1 is 1.15 bits per heavy atom. The van der Waals surface area contributed by atoms with Crippen LogP contribution in [0.15, 0.2) is 47.5 Å². The van der Waals surface area contributed by atoms with Gasteiger partial charge in [0.05, 0.1) is 10.9 Å². The van der Waals surface area contributed by atoms with Crippen LogP contribution in [0.5, 0.6) is 0 Å². The molecule has 140 valence electrons. The monoisotopic (exact) mass is 394 g/mol. The Morgan fingerprint density at radius 3 is 2.54 bits per heavy atom. The van der Waals surface area contributed by atoms with Gasteiger partial charge in [-0.1, -0.05) is 24.4 Å². The van der Waals surface area contributed by atoms with Crippen LogP contribution < -0.4 is 0 Å². The Labute approximate surface area is 159 Å². The minimum atomic E-state index is -3.70. The Kier molecular flexibility index (Phi) is 5.73. The van der Waals surface area contributed by atoms with Crippen molar-refractivity contribution in [3.8, 4) is 0 Å². The molecule has 3 rings (SSSR count). The number of aryl methyl sites for hydroxylation is 1. The predicted molar refractivity (Wildman–Crippen MR) is 102 cm³/mol. The highest BCUT2D eigenvalue weighted by Crippen LogP contribution is 2.30. The molecule has 1 aliphatic heterocycles. The minimum Gasteiger partial charge on any atom is -0.353 e. The SMILES string of the molecule is Cn1cccc1C1CCCCCN1C(=O)CS(=O)(=O)c1ccc(Cl)cc1. The van der Waals surface area contributed by atoms with Gasteiger partial charge in [-0.05, 0) is 49.2 Å². The van der Waals surface area contributed by atoms with Crippen LogP contribution in [0.3, 0.4) is 0 Å². The van der Waals surface area contributed by atoms with Crippen molar-refractivity contribution in [1.82, 2.24) is 9.47 Å². The van der Waals surface area contributed by atoms with E-state index in [-0.39, 0.29) is 16.8 Å². The quantitative estimate of drug-likeness (QED) is 0.796. The van der Waals surface area contributed by atoms with Gasteiger partial charge >= 0.3 is 0 Å². The molecule has 26 heavy (non-hydrogen) atoms. The molecule has 1 fully saturated rings. The number of carbonyl (C=O) groups is 1. The number of hydrogen-bond acceptors (Lipinski definition) is 3. The predicted octanol–water partition coefficient (Wildman–Crippen LogP) is 3.60. The fraction of sp³-hybridized carbons (Fsp3) is 0.421. The van der Waals surface area contributed by atoms with E-state index in [9.17, 15) is 13.2 Å². The fourth-order valence-electron chi connectivity index (χ4n) is 3.51. The summed E-state index contributed by atoms with van der Waals surface area (Å²) in [6.07, 6.45) is 5.78. The van der Waals surface area contributed by atoms with Gasteiger partial charge in [0, 0.05) is 30.5 Å². The first-order valence-electron chi connectivity index (χ1n) is 8.77. The number of benzene rings is 1. The molecule has 0 radical (unpaired) electrons. The molecule has 0 spiro atoms. The first kappa shape index (κ1) is 19.0. The number of hydrogen-bond donors (Lipinski definition) is 0. The van der Waals surface area contributed by atoms with Gasteiger partial charge in [0.25, 0.3) is 0 Å². The van der Waals surface area contributed by atoms with Crippen LogP contribution in [-0.2, 0) is 21.7 Å². The largest absolute Gasteiger partial charge is 0.353 e. The second kappa shape index (κ2) is 7.84. The van der Waals surface area contributed by atoms with E-state index >= 15 is 0 Å². The van der Waals surface area contributed by atoms with E-state index < -0.39 is 15.6 Å². The molecule has 0 bridgehead atoms. The number of aromatic nitrogens is 1. The summed E-state index contributed by atoms with van der Waals surface area (Å²) < 4.78 is 27.3. The molecule has 1 saturated heterocycles. The highest BCUT2D eigenvalue weighted by atomic mass is 35.5. The summed E-state index contributed by atoms with van der Waals surface area (Å²) >= 11 is 5.83. The maximum atomic E-state index is 12.9. The number of carbonyl (C=O) groups excluding carboxylic acids is 1. The van der Waals surface area contributed by atoms with Gasteiger partial charge in [0.2, 0.25) is 5.91 Å². The Bertz CT molecular complexity index is 874. The second-order valence-electron chi connectivity index (χ2n) is 6.71. The lowest BCUT2D eigenvalue weighted by Crippen LogP contribution is -2.39. The molecule has 0 saturated carbocycles. The molecule has 1 aromatic carbocycles. The van der Waals surface area contributed by atoms with E-state index in [2.05, 4.69) is 0 Å². The number of likely N-dealkylation sites (tertiary alicyclic amines) is 1. The standard InChI is InChI=1S/C19H23ClN2O3S/c1-21-12-5-7-17(21)18-6-3-2-4-13-22(18)19(23)14-26(24,25)16-10-8-15(20)9-11-16/h5,7-12,18H,2-4,6,13-14H2,1H3. The van der Waals surface area contributed by atoms with Gasteiger partial charge in [-0.3, -0.25) is 4.79 Å². The van der Waals surface area contributed by atoms with E-state index in [1.54, 1.807) is 4.90 Å². The normalized spacial score (nSPS) is 18.5. The molecule has 1 atom stereocenters. The van der Waals surface area contributed by atoms with Crippen molar-refractivity contribution in [2.45, 2.75) is 36.6 Å². The molecule has 1 amide bonds. The van der Waals surface area contributed by atoms with E-state index in [4.69, 9.17) is 11.6 Å². The summed E-state index contributed by atoms with van der Waals surface area (Å²) in [7, 11) is -1.74. The van der Waals surface area contributed by atoms with Crippen molar-refractivity contribution in [3.05, 3.63) is 53.3 Å². The summed E-state index contributed by atoms with van der Waals surface area (Å²) in [4.78, 5) is 14.8. The topological polar surface area (TPSA) is 59.4 Å². The van der Waals surface area contributed by atoms with Crippen LogP contribution in [0.25, 0.3) is 0 Å². The van der Waals surface area contributed by atoms with Crippen LogP contribution in [0.1, 0.15) is 37.4 Å². The summed E-state index contributed by atoms with van der Waals surface area (Å²) in [6.45, 7) is 0.588. The van der Waals surface area contributed by atoms with Crippen LogP contribution in [0.2, 0.25) is 5.02 Å². The molecule has 5 nitrogen and oxygen atoms in total. The van der Waals surface area contributed by atoms with Gasteiger partial charge < -0.3 is 9.47 Å². The number of amides is 1. The summed E-state index contributed by atoms with van der Waals surface area (Å²) in [6, 6.07) is 9.82. The second-order valence-corrected chi connectivity index (χ2v) is 9.14. The molecular formula is C19H23ClN2O3S. The zero-order chi connectivity index (χ0) is 18.7. The first-order chi connectivity index (χ1) is 12.4. The smallest absolute Gasteiger partial charge is 0.238 e. The maximum absolute atomic E-state index is 12.9. The third-order valence-electron chi connectivity index (χ3n) is 4.88. The van der Waals surface area contributed by atoms with Gasteiger partial charge in [-0.15, -0.1) is 0 Å². The number of halogens is 1. The van der Waals surface area contributed by atoms with Crippen molar-refractivity contribution < 1.29 is 13.2 Å². The zero-order valence-corrected chi connectivity index (χ0v) is 16.3. The average molecular weight is 395 g/mol. The number of sulfone groups is 1. The van der Waals surface area contributed by atoms with Crippen LogP contribution in [0.4, 0.5) is 0 Å². The number of rotatable bonds is 4. The first-order valence-corrected chi connectivity index (χ1v) is 10.8. The maximum Gasteiger partial charge on any atom is 0.238 e. The van der Waals surface area contributed by atoms with Crippen molar-refractivity contribution in [3.63, 3.8) is 0 Å². The summed E-state index contributed by atoms with van der Waals surface area (Å²) in [5, 5.41) is 0.464. The molecule has 2 aromatic rings. The van der Waals surface area contributed by atoms with Crippen molar-refractivity contribution in [2.75, 3.05) is 12.3 Å². The van der Waals surface area contributed by atoms with E-state index in [0.29, 0.717) is 11.6 Å². The van der Waals surface area contributed by atoms with E-state index in [1.807, 2.05) is 29.9 Å². The van der Waals surface area contributed by atoms with Gasteiger partial charge in [-0.25, -0.2) is 8.42 Å². The van der Waals surface area contributed by atoms with Crippen LogP contribution >= 0.6 is 11.6 Å². The Hall–Kier alpha value is -1.79. The van der Waals surface area contributed by atoms with Gasteiger partial charge in [-0.2, -0.15) is 0 Å². The minimum absolute atomic E-state index is 0.0783.